The maximum absolute atomic E-state index is 13.0. The van der Waals surface area contributed by atoms with Gasteiger partial charge in [0.1, 0.15) is 5.82 Å². The van der Waals surface area contributed by atoms with E-state index in [1.54, 1.807) is 31.2 Å². The minimum absolute atomic E-state index is 0.0586. The number of rotatable bonds is 9. The van der Waals surface area contributed by atoms with Gasteiger partial charge in [-0.3, -0.25) is 4.79 Å². The number of nitrogens with zero attached hydrogens (tertiary/aromatic N) is 3. The van der Waals surface area contributed by atoms with Crippen LogP contribution in [0.1, 0.15) is 28.4 Å². The maximum atomic E-state index is 13.0. The molecule has 4 rings (SSSR count). The Morgan fingerprint density at radius 1 is 0.972 bits per heavy atom. The van der Waals surface area contributed by atoms with Gasteiger partial charge in [0, 0.05) is 17.5 Å². The molecule has 1 amide bonds. The standard InChI is InChI=1S/C27H25ClN4O4/c1-17-29-25(31-32(17)23-13-11-21(28)12-14-23)26(34)30-22(16-24(33)27(35)36)15-18-7-9-20(10-8-18)19-5-3-2-4-6-19/h2-14,22,24,33H,15-16H2,1H3,(H,30,34)(H,35,36). The lowest BCUT2D eigenvalue weighted by molar-refractivity contribution is -0.147. The maximum Gasteiger partial charge on any atom is 0.332 e. The quantitative estimate of drug-likeness (QED) is 0.316. The molecule has 0 fully saturated rings. The Labute approximate surface area is 213 Å². The fourth-order valence-electron chi connectivity index (χ4n) is 3.88. The van der Waals surface area contributed by atoms with Gasteiger partial charge >= 0.3 is 5.97 Å². The smallest absolute Gasteiger partial charge is 0.332 e. The number of amides is 1. The molecule has 0 spiro atoms. The number of carboxylic acids is 1. The lowest BCUT2D eigenvalue weighted by Gasteiger charge is -2.20. The lowest BCUT2D eigenvalue weighted by Crippen LogP contribution is -2.41. The van der Waals surface area contributed by atoms with E-state index in [1.807, 2.05) is 54.6 Å². The molecule has 0 aliphatic carbocycles. The average Bonchev–Trinajstić information content (AvgIpc) is 3.27. The Kier molecular flexibility index (Phi) is 7.77. The molecule has 3 N–H and O–H groups in total. The van der Waals surface area contributed by atoms with Gasteiger partial charge in [0.25, 0.3) is 5.91 Å². The fourth-order valence-corrected chi connectivity index (χ4v) is 4.00. The molecule has 4 aromatic rings. The number of carbonyl (C=O) groups is 2. The summed E-state index contributed by atoms with van der Waals surface area (Å²) in [5, 5.41) is 26.8. The molecule has 0 saturated carbocycles. The van der Waals surface area contributed by atoms with Crippen molar-refractivity contribution in [1.82, 2.24) is 20.1 Å². The van der Waals surface area contributed by atoms with Gasteiger partial charge in [0.2, 0.25) is 5.82 Å². The van der Waals surface area contributed by atoms with Gasteiger partial charge in [-0.2, -0.15) is 0 Å². The van der Waals surface area contributed by atoms with Crippen molar-refractivity contribution in [1.29, 1.82) is 0 Å². The highest BCUT2D eigenvalue weighted by molar-refractivity contribution is 6.30. The van der Waals surface area contributed by atoms with Gasteiger partial charge in [-0.05, 0) is 54.3 Å². The minimum Gasteiger partial charge on any atom is -0.479 e. The molecule has 0 aliphatic heterocycles. The van der Waals surface area contributed by atoms with Crippen LogP contribution in [0.25, 0.3) is 16.8 Å². The van der Waals surface area contributed by atoms with Crippen LogP contribution in [0, 0.1) is 6.92 Å². The number of aromatic nitrogens is 3. The summed E-state index contributed by atoms with van der Waals surface area (Å²) in [6.45, 7) is 1.72. The van der Waals surface area contributed by atoms with E-state index in [1.165, 1.54) is 4.68 Å². The van der Waals surface area contributed by atoms with E-state index in [0.717, 1.165) is 16.7 Å². The van der Waals surface area contributed by atoms with Gasteiger partial charge in [0.05, 0.1) is 5.69 Å². The van der Waals surface area contributed by atoms with Gasteiger partial charge in [0.15, 0.2) is 6.10 Å². The van der Waals surface area contributed by atoms with Crippen LogP contribution < -0.4 is 5.32 Å². The van der Waals surface area contributed by atoms with Crippen LogP contribution in [0.5, 0.6) is 0 Å². The molecule has 0 saturated heterocycles. The molecule has 9 heteroatoms. The van der Waals surface area contributed by atoms with E-state index < -0.39 is 24.0 Å². The number of nitrogens with one attached hydrogen (secondary N) is 1. The van der Waals surface area contributed by atoms with Crippen LogP contribution in [0.4, 0.5) is 0 Å². The number of hydrogen-bond donors (Lipinski definition) is 3. The number of halogens is 1. The van der Waals surface area contributed by atoms with Crippen molar-refractivity contribution in [3.63, 3.8) is 0 Å². The number of hydrogen-bond acceptors (Lipinski definition) is 5. The second-order valence-electron chi connectivity index (χ2n) is 8.40. The normalized spacial score (nSPS) is 12.6. The van der Waals surface area contributed by atoms with Crippen LogP contribution in [0.3, 0.4) is 0 Å². The Bertz CT molecular complexity index is 1340. The fraction of sp³-hybridized carbons (Fsp3) is 0.185. The zero-order chi connectivity index (χ0) is 25.7. The van der Waals surface area contributed by atoms with E-state index >= 15 is 0 Å². The second-order valence-corrected chi connectivity index (χ2v) is 8.83. The summed E-state index contributed by atoms with van der Waals surface area (Å²) in [7, 11) is 0. The number of carboxylic acid groups (broad SMARTS) is 1. The van der Waals surface area contributed by atoms with Crippen molar-refractivity contribution >= 4 is 23.5 Å². The summed E-state index contributed by atoms with van der Waals surface area (Å²) in [4.78, 5) is 28.5. The van der Waals surface area contributed by atoms with Gasteiger partial charge in [-0.25, -0.2) is 14.5 Å². The summed E-state index contributed by atoms with van der Waals surface area (Å²) < 4.78 is 1.52. The predicted molar refractivity (Wildman–Crippen MR) is 136 cm³/mol. The third kappa shape index (κ3) is 6.16. The first-order valence-electron chi connectivity index (χ1n) is 11.4. The van der Waals surface area contributed by atoms with Crippen LogP contribution in [0.15, 0.2) is 78.9 Å². The number of carbonyl (C=O) groups excluding carboxylic acids is 1. The summed E-state index contributed by atoms with van der Waals surface area (Å²) >= 11 is 5.95. The highest BCUT2D eigenvalue weighted by atomic mass is 35.5. The monoisotopic (exact) mass is 504 g/mol. The van der Waals surface area contributed by atoms with E-state index in [-0.39, 0.29) is 12.2 Å². The highest BCUT2D eigenvalue weighted by Gasteiger charge is 2.24. The van der Waals surface area contributed by atoms with E-state index in [0.29, 0.717) is 23.0 Å². The lowest BCUT2D eigenvalue weighted by atomic mass is 9.98. The molecule has 8 nitrogen and oxygen atoms in total. The number of aryl methyl sites for hydroxylation is 1. The molecule has 1 aromatic heterocycles. The average molecular weight is 505 g/mol. The second kappa shape index (κ2) is 11.2. The minimum atomic E-state index is -1.62. The molecular formula is C27H25ClN4O4. The van der Waals surface area contributed by atoms with Crippen LogP contribution in [-0.4, -0.2) is 49.0 Å². The van der Waals surface area contributed by atoms with Crippen molar-refractivity contribution < 1.29 is 19.8 Å². The largest absolute Gasteiger partial charge is 0.479 e. The first-order valence-corrected chi connectivity index (χ1v) is 11.7. The SMILES string of the molecule is Cc1nc(C(=O)NC(Cc2ccc(-c3ccccc3)cc2)CC(O)C(=O)O)nn1-c1ccc(Cl)cc1. The molecule has 1 heterocycles. The molecular weight excluding hydrogens is 480 g/mol. The first-order chi connectivity index (χ1) is 17.3. The Balaban J connectivity index is 1.51. The van der Waals surface area contributed by atoms with Gasteiger partial charge in [-0.1, -0.05) is 66.2 Å². The summed E-state index contributed by atoms with van der Waals surface area (Å²) in [5.41, 5.74) is 3.69. The van der Waals surface area contributed by atoms with Crippen LogP contribution in [-0.2, 0) is 11.2 Å². The molecule has 3 aromatic carbocycles. The van der Waals surface area contributed by atoms with E-state index in [4.69, 9.17) is 11.6 Å². The zero-order valence-electron chi connectivity index (χ0n) is 19.5. The van der Waals surface area contributed by atoms with Crippen molar-refractivity contribution in [3.05, 3.63) is 101 Å². The zero-order valence-corrected chi connectivity index (χ0v) is 20.3. The van der Waals surface area contributed by atoms with Crippen LogP contribution >= 0.6 is 11.6 Å². The summed E-state index contributed by atoms with van der Waals surface area (Å²) in [5.74, 6) is -1.47. The predicted octanol–water partition coefficient (Wildman–Crippen LogP) is 4.07. The Morgan fingerprint density at radius 2 is 1.61 bits per heavy atom. The molecule has 36 heavy (non-hydrogen) atoms. The van der Waals surface area contributed by atoms with Crippen LogP contribution in [0.2, 0.25) is 5.02 Å². The molecule has 0 aliphatic rings. The molecule has 184 valence electrons. The summed E-state index contributed by atoms with van der Waals surface area (Å²) in [6.07, 6.45) is -1.47. The highest BCUT2D eigenvalue weighted by Crippen LogP contribution is 2.20. The number of benzene rings is 3. The molecule has 0 bridgehead atoms. The third-order valence-electron chi connectivity index (χ3n) is 5.71. The number of aliphatic carboxylic acids is 1. The molecule has 2 unspecified atom stereocenters. The van der Waals surface area contributed by atoms with Crippen molar-refractivity contribution in [2.45, 2.75) is 31.9 Å². The Morgan fingerprint density at radius 3 is 2.25 bits per heavy atom. The van der Waals surface area contributed by atoms with E-state index in [2.05, 4.69) is 15.4 Å². The number of aliphatic hydroxyl groups is 1. The number of aliphatic hydroxyl groups excluding tert-OH is 1. The van der Waals surface area contributed by atoms with Crippen molar-refractivity contribution in [2.24, 2.45) is 0 Å². The van der Waals surface area contributed by atoms with Gasteiger partial charge in [-0.15, -0.1) is 5.10 Å². The van der Waals surface area contributed by atoms with E-state index in [9.17, 15) is 19.8 Å². The summed E-state index contributed by atoms with van der Waals surface area (Å²) in [6, 6.07) is 24.0. The van der Waals surface area contributed by atoms with Gasteiger partial charge < -0.3 is 15.5 Å². The topological polar surface area (TPSA) is 117 Å². The molecule has 2 atom stereocenters. The van der Waals surface area contributed by atoms with Crippen molar-refractivity contribution in [2.75, 3.05) is 0 Å². The Hall–Kier alpha value is -4.01. The first kappa shape index (κ1) is 25.1. The van der Waals surface area contributed by atoms with Crippen molar-refractivity contribution in [3.8, 4) is 16.8 Å². The third-order valence-corrected chi connectivity index (χ3v) is 5.97. The molecule has 0 radical (unpaired) electrons.